The number of allylic oxidation sites excluding steroid dienone is 4. The average Bonchev–Trinajstić information content (AvgIpc) is 2.03. The van der Waals surface area contributed by atoms with Crippen LogP contribution in [-0.2, 0) is 0 Å². The number of hydrogen-bond acceptors (Lipinski definition) is 1. The summed E-state index contributed by atoms with van der Waals surface area (Å²) >= 11 is 0. The van der Waals surface area contributed by atoms with Crippen LogP contribution in [0.4, 0.5) is 0 Å². The highest BCUT2D eigenvalue weighted by Crippen LogP contribution is 2.28. The quantitative estimate of drug-likeness (QED) is 0.540. The third-order valence-electron chi connectivity index (χ3n) is 2.35. The summed E-state index contributed by atoms with van der Waals surface area (Å²) in [6.07, 6.45) is 10.7. The first-order valence-corrected chi connectivity index (χ1v) is 4.44. The van der Waals surface area contributed by atoms with Gasteiger partial charge in [-0.1, -0.05) is 5.57 Å². The van der Waals surface area contributed by atoms with Crippen LogP contribution in [0.1, 0.15) is 25.7 Å². The first-order valence-electron chi connectivity index (χ1n) is 4.44. The maximum atomic E-state index is 5.74. The zero-order valence-corrected chi connectivity index (χ0v) is 7.14. The van der Waals surface area contributed by atoms with E-state index in [0.29, 0.717) is 0 Å². The normalized spacial score (nSPS) is 21.8. The lowest BCUT2D eigenvalue weighted by atomic mass is 9.89. The summed E-state index contributed by atoms with van der Waals surface area (Å²) in [6, 6.07) is 0. The molecule has 0 aromatic heterocycles. The summed E-state index contributed by atoms with van der Waals surface area (Å²) in [5.41, 5.74) is 12.8. The van der Waals surface area contributed by atoms with Crippen molar-refractivity contribution in [3.63, 3.8) is 0 Å². The highest BCUT2D eigenvalue weighted by Gasteiger charge is 2.10. The van der Waals surface area contributed by atoms with Gasteiger partial charge in [-0.25, -0.2) is 0 Å². The molecule has 62 valence electrons. The summed E-state index contributed by atoms with van der Waals surface area (Å²) in [7, 11) is 0. The van der Waals surface area contributed by atoms with Gasteiger partial charge in [-0.2, -0.15) is 0 Å². The Morgan fingerprint density at radius 1 is 1.33 bits per heavy atom. The largest absolute Gasteiger partial charge is 0.399 e. The van der Waals surface area contributed by atoms with Gasteiger partial charge in [0.15, 0.2) is 0 Å². The third kappa shape index (κ3) is 1.51. The predicted octanol–water partition coefficient (Wildman–Crippen LogP) is 2.42. The van der Waals surface area contributed by atoms with Crippen LogP contribution in [0, 0.1) is 0 Å². The van der Waals surface area contributed by atoms with E-state index >= 15 is 0 Å². The van der Waals surface area contributed by atoms with Crippen LogP contribution in [0.2, 0.25) is 0 Å². The van der Waals surface area contributed by atoms with Crippen molar-refractivity contribution >= 4 is 0 Å². The topological polar surface area (TPSA) is 26.0 Å². The van der Waals surface area contributed by atoms with Gasteiger partial charge in [-0.05, 0) is 49.5 Å². The van der Waals surface area contributed by atoms with Gasteiger partial charge in [-0.3, -0.25) is 0 Å². The van der Waals surface area contributed by atoms with E-state index in [-0.39, 0.29) is 0 Å². The molecule has 0 atom stereocenters. The molecule has 1 heteroatoms. The second-order valence-electron chi connectivity index (χ2n) is 3.41. The molecule has 0 amide bonds. The first kappa shape index (κ1) is 7.45. The third-order valence-corrected chi connectivity index (χ3v) is 2.35. The van der Waals surface area contributed by atoms with Crippen molar-refractivity contribution in [2.45, 2.75) is 25.7 Å². The van der Waals surface area contributed by atoms with E-state index in [1.165, 1.54) is 30.4 Å². The molecule has 1 nitrogen and oxygen atoms in total. The fourth-order valence-electron chi connectivity index (χ4n) is 1.77. The lowest BCUT2D eigenvalue weighted by Crippen LogP contribution is -2.01. The Balaban J connectivity index is 2.41. The van der Waals surface area contributed by atoms with Crippen LogP contribution < -0.4 is 5.73 Å². The summed E-state index contributed by atoms with van der Waals surface area (Å²) in [5.74, 6) is 0. The highest BCUT2D eigenvalue weighted by molar-refractivity contribution is 5.32. The number of hydrogen-bond donors (Lipinski definition) is 1. The van der Waals surface area contributed by atoms with Crippen molar-refractivity contribution in [3.05, 3.63) is 40.8 Å². The minimum absolute atomic E-state index is 0.860. The van der Waals surface area contributed by atoms with Gasteiger partial charge in [0, 0.05) is 5.70 Å². The molecular weight excluding hydrogens is 146 g/mol. The molecule has 0 radical (unpaired) electrons. The number of fused-ring (bicyclic) bond motifs is 2. The molecule has 1 saturated carbocycles. The van der Waals surface area contributed by atoms with E-state index in [4.69, 9.17) is 5.73 Å². The Morgan fingerprint density at radius 2 is 2.25 bits per heavy atom. The molecular formula is C11H13N. The monoisotopic (exact) mass is 159 g/mol. The van der Waals surface area contributed by atoms with Crippen LogP contribution in [0.15, 0.2) is 40.8 Å². The average molecular weight is 159 g/mol. The Morgan fingerprint density at radius 3 is 3.17 bits per heavy atom. The number of rotatable bonds is 0. The van der Waals surface area contributed by atoms with Crippen molar-refractivity contribution in [1.29, 1.82) is 0 Å². The van der Waals surface area contributed by atoms with E-state index in [1.54, 1.807) is 0 Å². The number of nitrogens with two attached hydrogens (primary N) is 1. The molecule has 2 aliphatic carbocycles. The fraction of sp³-hybridized carbons (Fsp3) is 0.364. The zero-order chi connectivity index (χ0) is 8.39. The standard InChI is InChI=1S/C11H13N/c12-11-6-2-4-9-3-1-5-10(7-9)8-11/h2,6,8H,1,3,5,7,12H2. The molecule has 0 saturated heterocycles. The van der Waals surface area contributed by atoms with Gasteiger partial charge < -0.3 is 5.73 Å². The molecule has 0 aliphatic heterocycles. The molecule has 2 bridgehead atoms. The molecule has 0 aromatic rings. The van der Waals surface area contributed by atoms with Crippen LogP contribution in [-0.4, -0.2) is 0 Å². The van der Waals surface area contributed by atoms with Gasteiger partial charge in [0.1, 0.15) is 0 Å². The minimum Gasteiger partial charge on any atom is -0.399 e. The van der Waals surface area contributed by atoms with Crippen molar-refractivity contribution in [1.82, 2.24) is 0 Å². The maximum Gasteiger partial charge on any atom is 0.0319 e. The Bertz CT molecular complexity index is 312. The predicted molar refractivity (Wildman–Crippen MR) is 50.4 cm³/mol. The van der Waals surface area contributed by atoms with Gasteiger partial charge in [0.2, 0.25) is 0 Å². The lowest BCUT2D eigenvalue weighted by molar-refractivity contribution is 0.712. The molecule has 2 aliphatic rings. The minimum atomic E-state index is 0.860. The zero-order valence-electron chi connectivity index (χ0n) is 7.14. The fourth-order valence-corrected chi connectivity index (χ4v) is 1.77. The van der Waals surface area contributed by atoms with E-state index < -0.39 is 0 Å². The van der Waals surface area contributed by atoms with E-state index in [9.17, 15) is 0 Å². The molecule has 1 fully saturated rings. The van der Waals surface area contributed by atoms with E-state index in [2.05, 4.69) is 11.8 Å². The SMILES string of the molecule is NC1=CC=C=C2CCCC(=C1)C2. The second kappa shape index (κ2) is 3.04. The lowest BCUT2D eigenvalue weighted by Gasteiger charge is -2.16. The summed E-state index contributed by atoms with van der Waals surface area (Å²) in [6.45, 7) is 0. The molecule has 0 aromatic carbocycles. The highest BCUT2D eigenvalue weighted by atomic mass is 14.6. The smallest absolute Gasteiger partial charge is 0.0319 e. The van der Waals surface area contributed by atoms with Crippen molar-refractivity contribution in [2.24, 2.45) is 5.73 Å². The van der Waals surface area contributed by atoms with Gasteiger partial charge in [0.25, 0.3) is 0 Å². The molecule has 2 N–H and O–H groups in total. The first-order chi connectivity index (χ1) is 5.84. The van der Waals surface area contributed by atoms with Crippen LogP contribution in [0.5, 0.6) is 0 Å². The van der Waals surface area contributed by atoms with Gasteiger partial charge in [0.05, 0.1) is 0 Å². The van der Waals surface area contributed by atoms with Crippen LogP contribution in [0.25, 0.3) is 0 Å². The van der Waals surface area contributed by atoms with Crippen LogP contribution in [0.3, 0.4) is 0 Å². The van der Waals surface area contributed by atoms with Crippen molar-refractivity contribution < 1.29 is 0 Å². The van der Waals surface area contributed by atoms with Crippen molar-refractivity contribution in [3.8, 4) is 0 Å². The summed E-state index contributed by atoms with van der Waals surface area (Å²) in [4.78, 5) is 0. The van der Waals surface area contributed by atoms with Crippen molar-refractivity contribution in [2.75, 3.05) is 0 Å². The van der Waals surface area contributed by atoms with Gasteiger partial charge in [-0.15, -0.1) is 5.73 Å². The summed E-state index contributed by atoms with van der Waals surface area (Å²) in [5, 5.41) is 0. The Kier molecular flexibility index (Phi) is 1.89. The summed E-state index contributed by atoms with van der Waals surface area (Å²) < 4.78 is 0. The maximum absolute atomic E-state index is 5.74. The molecule has 0 heterocycles. The molecule has 0 unspecified atom stereocenters. The van der Waals surface area contributed by atoms with Gasteiger partial charge >= 0.3 is 0 Å². The Hall–Kier alpha value is -1.20. The molecule has 12 heavy (non-hydrogen) atoms. The van der Waals surface area contributed by atoms with Crippen LogP contribution >= 0.6 is 0 Å². The van der Waals surface area contributed by atoms with E-state index in [0.717, 1.165) is 12.1 Å². The molecule has 0 spiro atoms. The second-order valence-corrected chi connectivity index (χ2v) is 3.41. The Labute approximate surface area is 73.0 Å². The molecule has 2 rings (SSSR count). The van der Waals surface area contributed by atoms with E-state index in [1.807, 2.05) is 12.2 Å².